The van der Waals surface area contributed by atoms with Crippen LogP contribution in [0.15, 0.2) is 0 Å². The van der Waals surface area contributed by atoms with Gasteiger partial charge >= 0.3 is 0 Å². The lowest BCUT2D eigenvalue weighted by atomic mass is 10.1. The summed E-state index contributed by atoms with van der Waals surface area (Å²) in [4.78, 5) is 2.58. The van der Waals surface area contributed by atoms with E-state index in [2.05, 4.69) is 22.5 Å². The fraction of sp³-hybridized carbons (Fsp3) is 1.00. The summed E-state index contributed by atoms with van der Waals surface area (Å²) < 4.78 is 0. The van der Waals surface area contributed by atoms with Gasteiger partial charge in [-0.3, -0.25) is 0 Å². The highest BCUT2D eigenvalue weighted by molar-refractivity contribution is 4.82. The van der Waals surface area contributed by atoms with Gasteiger partial charge in [-0.1, -0.05) is 6.92 Å². The normalized spacial score (nSPS) is 26.4. The molecule has 0 bridgehead atoms. The molecule has 3 heteroatoms. The summed E-state index contributed by atoms with van der Waals surface area (Å²) in [6, 6.07) is 0.862. The zero-order chi connectivity index (χ0) is 9.80. The lowest BCUT2D eigenvalue weighted by molar-refractivity contribution is 0.209. The Bertz CT molecular complexity index is 162. The second-order valence-corrected chi connectivity index (χ2v) is 4.84. The first-order valence-corrected chi connectivity index (χ1v) is 6.01. The molecule has 2 rings (SSSR count). The molecule has 14 heavy (non-hydrogen) atoms. The van der Waals surface area contributed by atoms with Gasteiger partial charge in [0.1, 0.15) is 0 Å². The van der Waals surface area contributed by atoms with Crippen LogP contribution in [0.25, 0.3) is 0 Å². The number of hydrogen-bond donors (Lipinski definition) is 2. The van der Waals surface area contributed by atoms with Crippen LogP contribution in [0.1, 0.15) is 19.8 Å². The van der Waals surface area contributed by atoms with E-state index >= 15 is 0 Å². The van der Waals surface area contributed by atoms with E-state index in [1.807, 2.05) is 0 Å². The quantitative estimate of drug-likeness (QED) is 0.663. The third-order valence-corrected chi connectivity index (χ3v) is 3.11. The van der Waals surface area contributed by atoms with E-state index in [1.54, 1.807) is 0 Å². The summed E-state index contributed by atoms with van der Waals surface area (Å²) in [6.45, 7) is 9.63. The van der Waals surface area contributed by atoms with Crippen molar-refractivity contribution in [3.8, 4) is 0 Å². The number of nitrogens with one attached hydrogen (secondary N) is 2. The predicted molar refractivity (Wildman–Crippen MR) is 59.5 cm³/mol. The van der Waals surface area contributed by atoms with Crippen LogP contribution in [0.3, 0.4) is 0 Å². The summed E-state index contributed by atoms with van der Waals surface area (Å²) in [5.41, 5.74) is 0. The van der Waals surface area contributed by atoms with Gasteiger partial charge in [-0.25, -0.2) is 0 Å². The standard InChI is InChI=1S/C11H23N3/c1-10(8-13-11-2-3-11)9-14-6-4-12-5-7-14/h10-13H,2-9H2,1H3. The maximum absolute atomic E-state index is 3.60. The molecule has 1 unspecified atom stereocenters. The first-order valence-electron chi connectivity index (χ1n) is 6.01. The molecule has 0 aromatic carbocycles. The Labute approximate surface area is 87.2 Å². The van der Waals surface area contributed by atoms with Crippen LogP contribution < -0.4 is 10.6 Å². The Hall–Kier alpha value is -0.120. The van der Waals surface area contributed by atoms with Crippen molar-refractivity contribution < 1.29 is 0 Å². The topological polar surface area (TPSA) is 27.3 Å². The van der Waals surface area contributed by atoms with Gasteiger partial charge in [0.25, 0.3) is 0 Å². The average Bonchev–Trinajstić information content (AvgIpc) is 3.00. The third-order valence-electron chi connectivity index (χ3n) is 3.11. The number of nitrogens with zero attached hydrogens (tertiary/aromatic N) is 1. The fourth-order valence-corrected chi connectivity index (χ4v) is 2.05. The Balaban J connectivity index is 1.57. The molecule has 2 aliphatic rings. The second kappa shape index (κ2) is 5.10. The van der Waals surface area contributed by atoms with E-state index in [-0.39, 0.29) is 0 Å². The van der Waals surface area contributed by atoms with E-state index in [4.69, 9.17) is 0 Å². The fourth-order valence-electron chi connectivity index (χ4n) is 2.05. The zero-order valence-corrected chi connectivity index (χ0v) is 9.26. The summed E-state index contributed by atoms with van der Waals surface area (Å²) >= 11 is 0. The van der Waals surface area contributed by atoms with Crippen molar-refractivity contribution in [2.45, 2.75) is 25.8 Å². The first-order chi connectivity index (χ1) is 6.84. The van der Waals surface area contributed by atoms with Crippen molar-refractivity contribution in [1.29, 1.82) is 0 Å². The molecule has 2 fully saturated rings. The predicted octanol–water partition coefficient (Wildman–Crippen LogP) is 0.280. The highest BCUT2D eigenvalue weighted by Crippen LogP contribution is 2.18. The molecule has 2 N–H and O–H groups in total. The van der Waals surface area contributed by atoms with E-state index in [1.165, 1.54) is 52.1 Å². The molecular formula is C11H23N3. The van der Waals surface area contributed by atoms with Crippen molar-refractivity contribution in [3.63, 3.8) is 0 Å². The lowest BCUT2D eigenvalue weighted by Gasteiger charge is -2.29. The summed E-state index contributed by atoms with van der Waals surface area (Å²) in [5, 5.41) is 6.99. The van der Waals surface area contributed by atoms with E-state index in [9.17, 15) is 0 Å². The van der Waals surface area contributed by atoms with Crippen LogP contribution >= 0.6 is 0 Å². The van der Waals surface area contributed by atoms with Gasteiger partial charge in [-0.2, -0.15) is 0 Å². The summed E-state index contributed by atoms with van der Waals surface area (Å²) in [7, 11) is 0. The highest BCUT2D eigenvalue weighted by Gasteiger charge is 2.21. The van der Waals surface area contributed by atoms with E-state index < -0.39 is 0 Å². The van der Waals surface area contributed by atoms with Gasteiger partial charge in [-0.05, 0) is 25.3 Å². The smallest absolute Gasteiger partial charge is 0.0107 e. The Kier molecular flexibility index (Phi) is 3.79. The maximum Gasteiger partial charge on any atom is 0.0107 e. The molecule has 0 aromatic heterocycles. The largest absolute Gasteiger partial charge is 0.314 e. The van der Waals surface area contributed by atoms with Crippen LogP contribution in [-0.4, -0.2) is 50.2 Å². The summed E-state index contributed by atoms with van der Waals surface area (Å²) in [5.74, 6) is 0.800. The van der Waals surface area contributed by atoms with Crippen LogP contribution in [0.2, 0.25) is 0 Å². The van der Waals surface area contributed by atoms with Crippen molar-refractivity contribution in [3.05, 3.63) is 0 Å². The molecule has 1 saturated heterocycles. The minimum Gasteiger partial charge on any atom is -0.314 e. The monoisotopic (exact) mass is 197 g/mol. The van der Waals surface area contributed by atoms with Crippen LogP contribution in [0.4, 0.5) is 0 Å². The van der Waals surface area contributed by atoms with Gasteiger partial charge < -0.3 is 15.5 Å². The van der Waals surface area contributed by atoms with Crippen molar-refractivity contribution in [2.24, 2.45) is 5.92 Å². The molecule has 3 nitrogen and oxygen atoms in total. The molecule has 1 aliphatic heterocycles. The molecule has 82 valence electrons. The third kappa shape index (κ3) is 3.56. The Morgan fingerprint density at radius 3 is 2.71 bits per heavy atom. The van der Waals surface area contributed by atoms with E-state index in [0.29, 0.717) is 0 Å². The molecule has 1 aliphatic carbocycles. The molecule has 0 aromatic rings. The second-order valence-electron chi connectivity index (χ2n) is 4.84. The Morgan fingerprint density at radius 1 is 1.36 bits per heavy atom. The molecule has 1 saturated carbocycles. The van der Waals surface area contributed by atoms with Crippen molar-refractivity contribution >= 4 is 0 Å². The molecular weight excluding hydrogens is 174 g/mol. The number of rotatable bonds is 5. The van der Waals surface area contributed by atoms with Crippen molar-refractivity contribution in [1.82, 2.24) is 15.5 Å². The van der Waals surface area contributed by atoms with Gasteiger partial charge in [-0.15, -0.1) is 0 Å². The lowest BCUT2D eigenvalue weighted by Crippen LogP contribution is -2.46. The average molecular weight is 197 g/mol. The molecule has 0 amide bonds. The number of piperazine rings is 1. The van der Waals surface area contributed by atoms with Gasteiger partial charge in [0.05, 0.1) is 0 Å². The zero-order valence-electron chi connectivity index (χ0n) is 9.26. The molecule has 1 atom stereocenters. The molecule has 1 heterocycles. The SMILES string of the molecule is CC(CNC1CC1)CN1CCNCC1. The van der Waals surface area contributed by atoms with Gasteiger partial charge in [0.2, 0.25) is 0 Å². The molecule has 0 spiro atoms. The molecule has 0 radical (unpaired) electrons. The van der Waals surface area contributed by atoms with E-state index in [0.717, 1.165) is 12.0 Å². The van der Waals surface area contributed by atoms with Gasteiger partial charge in [0, 0.05) is 38.8 Å². The highest BCUT2D eigenvalue weighted by atomic mass is 15.2. The maximum atomic E-state index is 3.60. The van der Waals surface area contributed by atoms with Crippen LogP contribution in [0, 0.1) is 5.92 Å². The first kappa shape index (κ1) is 10.4. The van der Waals surface area contributed by atoms with Crippen LogP contribution in [-0.2, 0) is 0 Å². The minimum atomic E-state index is 0.800. The van der Waals surface area contributed by atoms with Crippen molar-refractivity contribution in [2.75, 3.05) is 39.3 Å². The van der Waals surface area contributed by atoms with Gasteiger partial charge in [0.15, 0.2) is 0 Å². The minimum absolute atomic E-state index is 0.800. The van der Waals surface area contributed by atoms with Crippen LogP contribution in [0.5, 0.6) is 0 Å². The summed E-state index contributed by atoms with van der Waals surface area (Å²) in [6.07, 6.45) is 2.81. The number of hydrogen-bond acceptors (Lipinski definition) is 3. The Morgan fingerprint density at radius 2 is 2.07 bits per heavy atom.